The Labute approximate surface area is 417 Å². The van der Waals surface area contributed by atoms with Crippen LogP contribution < -0.4 is 9.80 Å². The molecule has 0 unspecified atom stereocenters. The van der Waals surface area contributed by atoms with E-state index >= 15 is 0 Å². The predicted octanol–water partition coefficient (Wildman–Crippen LogP) is 18.5. The van der Waals surface area contributed by atoms with Crippen molar-refractivity contribution in [3.05, 3.63) is 265 Å². The third kappa shape index (κ3) is 7.23. The number of hydrogen-bond donors (Lipinski definition) is 0. The summed E-state index contributed by atoms with van der Waals surface area (Å²) in [4.78, 5) is 4.62. The van der Waals surface area contributed by atoms with Gasteiger partial charge in [0.05, 0.1) is 34.7 Å². The van der Waals surface area contributed by atoms with E-state index in [1.54, 1.807) is 0 Å². The van der Waals surface area contributed by atoms with Crippen LogP contribution in [0.4, 0.5) is 34.1 Å². The quantitative estimate of drug-likeness (QED) is 0.0779. The summed E-state index contributed by atoms with van der Waals surface area (Å²) >= 11 is 0. The summed E-state index contributed by atoms with van der Waals surface area (Å²) in [7, 11) is 0. The van der Waals surface area contributed by atoms with Gasteiger partial charge in [-0.25, -0.2) is 0 Å². The van der Waals surface area contributed by atoms with Crippen molar-refractivity contribution in [2.24, 2.45) is 0 Å². The topological polar surface area (TPSA) is 54.1 Å². The van der Waals surface area contributed by atoms with Crippen molar-refractivity contribution in [1.82, 2.24) is 0 Å². The van der Waals surface area contributed by atoms with Crippen molar-refractivity contribution in [2.75, 3.05) is 9.80 Å². The number of allylic oxidation sites excluding steroid dienone is 2. The smallest absolute Gasteiger partial charge is 0.0998 e. The average molecular weight is 915 g/mol. The van der Waals surface area contributed by atoms with Crippen LogP contribution in [0.25, 0.3) is 87.9 Å². The molecule has 0 atom stereocenters. The van der Waals surface area contributed by atoms with Crippen LogP contribution >= 0.6 is 0 Å². The van der Waals surface area contributed by atoms with Crippen LogP contribution in [0.15, 0.2) is 243 Å². The minimum Gasteiger partial charge on any atom is -0.310 e. The van der Waals surface area contributed by atoms with Crippen LogP contribution in [0, 0.1) is 22.7 Å². The second-order valence-electron chi connectivity index (χ2n) is 18.3. The van der Waals surface area contributed by atoms with E-state index in [-0.39, 0.29) is 0 Å². The maximum Gasteiger partial charge on any atom is 0.0998 e. The van der Waals surface area contributed by atoms with Crippen LogP contribution in [0.1, 0.15) is 22.3 Å². The Balaban J connectivity index is 0.782. The van der Waals surface area contributed by atoms with E-state index in [4.69, 9.17) is 0 Å². The lowest BCUT2D eigenvalue weighted by molar-refractivity contribution is 1.30. The molecule has 0 radical (unpaired) electrons. The van der Waals surface area contributed by atoms with Gasteiger partial charge in [0, 0.05) is 33.5 Å². The monoisotopic (exact) mass is 914 g/mol. The highest BCUT2D eigenvalue weighted by atomic mass is 15.1. The standard InChI is InChI=1S/C68H42N4/c69-43-55(41-45-17-33-59(34-18-45)71(57-13-3-1-4-14-57)63-39-31-53-27-25-49-9-7-11-51-29-37-61(63)67(53)65(49)51)47-21-23-48(24-22-47)56(44-70)42-46-19-35-60(36-20-46)72(58-15-5-2-6-16-58)64-40-32-54-28-26-50-10-8-12-52-30-38-62(64)68(54)66(50)52/h1-42H/b55-41-,56-42-. The maximum absolute atomic E-state index is 10.4. The van der Waals surface area contributed by atoms with Gasteiger partial charge in [-0.15, -0.1) is 0 Å². The summed E-state index contributed by atoms with van der Waals surface area (Å²) in [6.07, 6.45) is 3.84. The number of benzene rings is 13. The number of anilines is 6. The highest BCUT2D eigenvalue weighted by Gasteiger charge is 2.20. The van der Waals surface area contributed by atoms with Gasteiger partial charge < -0.3 is 9.80 Å². The first-order chi connectivity index (χ1) is 35.6. The van der Waals surface area contributed by atoms with Gasteiger partial charge >= 0.3 is 0 Å². The molecule has 0 saturated carbocycles. The molecule has 0 fully saturated rings. The van der Waals surface area contributed by atoms with Crippen LogP contribution in [0.2, 0.25) is 0 Å². The van der Waals surface area contributed by atoms with E-state index in [2.05, 4.69) is 228 Å². The SMILES string of the molecule is N#C/C(=C/c1ccc(N(c2ccccc2)c2ccc3ccc4cccc5ccc2c3c45)cc1)c1ccc(/C(C#N)=C\c2ccc(N(c3ccccc3)c3ccc4ccc5cccc6ccc3c4c56)cc2)cc1. The first-order valence-electron chi connectivity index (χ1n) is 24.2. The van der Waals surface area contributed by atoms with Crippen molar-refractivity contribution in [1.29, 1.82) is 10.5 Å². The van der Waals surface area contributed by atoms with Gasteiger partial charge in [0.15, 0.2) is 0 Å². The molecule has 0 spiro atoms. The lowest BCUT2D eigenvalue weighted by Gasteiger charge is -2.27. The fraction of sp³-hybridized carbons (Fsp3) is 0. The first-order valence-corrected chi connectivity index (χ1v) is 24.2. The van der Waals surface area contributed by atoms with E-state index in [0.717, 1.165) is 56.4 Å². The summed E-state index contributed by atoms with van der Waals surface area (Å²) in [6.45, 7) is 0. The third-order valence-electron chi connectivity index (χ3n) is 14.2. The lowest BCUT2D eigenvalue weighted by Crippen LogP contribution is -2.10. The van der Waals surface area contributed by atoms with Gasteiger partial charge in [-0.1, -0.05) is 182 Å². The van der Waals surface area contributed by atoms with Gasteiger partial charge in [0.1, 0.15) is 0 Å². The summed E-state index contributed by atoms with van der Waals surface area (Å²) in [5.74, 6) is 0. The normalized spacial score (nSPS) is 12.0. The molecule has 13 aromatic rings. The number of nitriles is 2. The molecule has 0 heterocycles. The number of nitrogens with zero attached hydrogens (tertiary/aromatic N) is 4. The lowest BCUT2D eigenvalue weighted by atomic mass is 9.93. The van der Waals surface area contributed by atoms with Crippen LogP contribution in [-0.4, -0.2) is 0 Å². The molecule has 72 heavy (non-hydrogen) atoms. The van der Waals surface area contributed by atoms with E-state index < -0.39 is 0 Å². The van der Waals surface area contributed by atoms with E-state index in [9.17, 15) is 10.5 Å². The zero-order chi connectivity index (χ0) is 48.1. The third-order valence-corrected chi connectivity index (χ3v) is 14.2. The van der Waals surface area contributed by atoms with Crippen molar-refractivity contribution in [3.63, 3.8) is 0 Å². The molecule has 0 aliphatic heterocycles. The minimum absolute atomic E-state index is 0.534. The number of para-hydroxylation sites is 2. The zero-order valence-electron chi connectivity index (χ0n) is 39.0. The maximum atomic E-state index is 10.4. The van der Waals surface area contributed by atoms with Gasteiger partial charge in [-0.05, 0) is 149 Å². The van der Waals surface area contributed by atoms with Crippen LogP contribution in [0.5, 0.6) is 0 Å². The molecular weight excluding hydrogens is 873 g/mol. The van der Waals surface area contributed by atoms with E-state index in [0.29, 0.717) is 11.1 Å². The second-order valence-corrected chi connectivity index (χ2v) is 18.3. The molecule has 4 nitrogen and oxygen atoms in total. The molecule has 13 rings (SSSR count). The fourth-order valence-electron chi connectivity index (χ4n) is 10.8. The molecule has 0 aliphatic rings. The van der Waals surface area contributed by atoms with Gasteiger partial charge in [0.2, 0.25) is 0 Å². The zero-order valence-corrected chi connectivity index (χ0v) is 39.0. The molecule has 334 valence electrons. The summed E-state index contributed by atoms with van der Waals surface area (Å²) in [6, 6.07) is 90.0. The molecule has 13 aromatic carbocycles. The molecule has 0 bridgehead atoms. The summed E-state index contributed by atoms with van der Waals surface area (Å²) in [5, 5.41) is 35.8. The molecule has 0 aromatic heterocycles. The summed E-state index contributed by atoms with van der Waals surface area (Å²) in [5.41, 5.74) is 10.8. The Morgan fingerprint density at radius 3 is 0.972 bits per heavy atom. The number of hydrogen-bond acceptors (Lipinski definition) is 4. The van der Waals surface area contributed by atoms with Crippen molar-refractivity contribution >= 4 is 122 Å². The predicted molar refractivity (Wildman–Crippen MR) is 303 cm³/mol. The Morgan fingerprint density at radius 1 is 0.292 bits per heavy atom. The Morgan fingerprint density at radius 2 is 0.611 bits per heavy atom. The van der Waals surface area contributed by atoms with Crippen molar-refractivity contribution < 1.29 is 0 Å². The van der Waals surface area contributed by atoms with Crippen LogP contribution in [-0.2, 0) is 0 Å². The Bertz CT molecular complexity index is 4000. The Kier molecular flexibility index (Phi) is 10.2. The van der Waals surface area contributed by atoms with Gasteiger partial charge in [-0.3, -0.25) is 0 Å². The molecular formula is C68H42N4. The van der Waals surface area contributed by atoms with Crippen molar-refractivity contribution in [3.8, 4) is 12.1 Å². The van der Waals surface area contributed by atoms with Gasteiger partial charge in [0.25, 0.3) is 0 Å². The highest BCUT2D eigenvalue weighted by Crippen LogP contribution is 2.46. The molecule has 4 heteroatoms. The van der Waals surface area contributed by atoms with E-state index in [1.807, 2.05) is 48.6 Å². The highest BCUT2D eigenvalue weighted by molar-refractivity contribution is 6.27. The van der Waals surface area contributed by atoms with E-state index in [1.165, 1.54) is 64.6 Å². The van der Waals surface area contributed by atoms with Gasteiger partial charge in [-0.2, -0.15) is 10.5 Å². The molecule has 0 amide bonds. The molecule has 0 saturated heterocycles. The molecule has 0 N–H and O–H groups in total. The average Bonchev–Trinajstić information content (AvgIpc) is 3.44. The first kappa shape index (κ1) is 42.1. The molecule has 0 aliphatic carbocycles. The van der Waals surface area contributed by atoms with Crippen LogP contribution in [0.3, 0.4) is 0 Å². The summed E-state index contributed by atoms with van der Waals surface area (Å²) < 4.78 is 0. The minimum atomic E-state index is 0.534. The van der Waals surface area contributed by atoms with Crippen molar-refractivity contribution in [2.45, 2.75) is 0 Å². The number of rotatable bonds is 10. The largest absolute Gasteiger partial charge is 0.310 e. The fourth-order valence-corrected chi connectivity index (χ4v) is 10.8. The Hall–Kier alpha value is -10.0. The second kappa shape index (κ2) is 17.5.